The van der Waals surface area contributed by atoms with Crippen LogP contribution in [0.15, 0.2) is 18.5 Å². The Morgan fingerprint density at radius 2 is 2.00 bits per heavy atom. The molecule has 0 saturated carbocycles. The molecule has 2 N–H and O–H groups in total. The Bertz CT molecular complexity index is 764. The molecule has 0 aromatic carbocycles. The molecule has 2 rings (SSSR count). The van der Waals surface area contributed by atoms with Crippen molar-refractivity contribution in [1.29, 1.82) is 0 Å². The summed E-state index contributed by atoms with van der Waals surface area (Å²) in [7, 11) is 0. The highest BCUT2D eigenvalue weighted by molar-refractivity contribution is 6.67. The number of hydrogen-bond donors (Lipinski definition) is 2. The fourth-order valence-corrected chi connectivity index (χ4v) is 2.95. The van der Waals surface area contributed by atoms with Crippen molar-refractivity contribution in [3.8, 4) is 0 Å². The second kappa shape index (κ2) is 10.7. The van der Waals surface area contributed by atoms with Gasteiger partial charge in [-0.2, -0.15) is 5.10 Å². The lowest BCUT2D eigenvalue weighted by atomic mass is 10.1. The fraction of sp³-hybridized carbons (Fsp3) is 0.667. The van der Waals surface area contributed by atoms with Crippen molar-refractivity contribution in [2.24, 2.45) is 0 Å². The highest BCUT2D eigenvalue weighted by atomic mass is 35.6. The lowest BCUT2D eigenvalue weighted by Gasteiger charge is -2.35. The van der Waals surface area contributed by atoms with Gasteiger partial charge in [0.05, 0.1) is 6.54 Å². The number of carbonyl (C=O) groups is 3. The number of halogens is 3. The van der Waals surface area contributed by atoms with Gasteiger partial charge in [0, 0.05) is 18.9 Å². The first-order chi connectivity index (χ1) is 14.3. The van der Waals surface area contributed by atoms with Gasteiger partial charge in [0.1, 0.15) is 24.3 Å². The van der Waals surface area contributed by atoms with Crippen LogP contribution in [-0.4, -0.2) is 67.4 Å². The van der Waals surface area contributed by atoms with Gasteiger partial charge in [-0.15, -0.1) is 0 Å². The third-order valence-electron chi connectivity index (χ3n) is 4.03. The summed E-state index contributed by atoms with van der Waals surface area (Å²) in [5.74, 6) is -1.10. The maximum atomic E-state index is 13.1. The minimum atomic E-state index is -1.73. The number of hydrazine groups is 1. The summed E-state index contributed by atoms with van der Waals surface area (Å²) < 4.78 is 10.0. The predicted molar refractivity (Wildman–Crippen MR) is 115 cm³/mol. The third kappa shape index (κ3) is 9.10. The number of alkyl halides is 3. The Kier molecular flexibility index (Phi) is 8.82. The molecule has 2 heterocycles. The van der Waals surface area contributed by atoms with Gasteiger partial charge in [-0.1, -0.05) is 34.8 Å². The van der Waals surface area contributed by atoms with Crippen LogP contribution in [0.5, 0.6) is 0 Å². The number of ether oxygens (including phenoxy) is 2. The molecule has 0 radical (unpaired) electrons. The summed E-state index contributed by atoms with van der Waals surface area (Å²) in [6.45, 7) is 5.15. The average molecular weight is 499 g/mol. The van der Waals surface area contributed by atoms with Crippen LogP contribution in [0.25, 0.3) is 0 Å². The molecule has 2 atom stereocenters. The first kappa shape index (κ1) is 25.5. The summed E-state index contributed by atoms with van der Waals surface area (Å²) in [4.78, 5) is 37.7. The normalized spacial score (nSPS) is 18.3. The monoisotopic (exact) mass is 497 g/mol. The van der Waals surface area contributed by atoms with E-state index in [4.69, 9.17) is 44.3 Å². The Balaban J connectivity index is 2.06. The van der Waals surface area contributed by atoms with Gasteiger partial charge in [-0.25, -0.2) is 10.2 Å². The van der Waals surface area contributed by atoms with E-state index in [1.807, 2.05) is 0 Å². The number of alkyl carbamates (subject to hydrolysis) is 1. The minimum Gasteiger partial charge on any atom is -0.460 e. The number of nitrogens with one attached hydrogen (secondary N) is 2. The molecule has 10 nitrogen and oxygen atoms in total. The van der Waals surface area contributed by atoms with Crippen LogP contribution >= 0.6 is 34.8 Å². The lowest BCUT2D eigenvalue weighted by Crippen LogP contribution is -2.61. The van der Waals surface area contributed by atoms with Gasteiger partial charge < -0.3 is 14.8 Å². The lowest BCUT2D eigenvalue weighted by molar-refractivity contribution is -0.152. The van der Waals surface area contributed by atoms with Crippen LogP contribution < -0.4 is 10.7 Å². The molecule has 31 heavy (non-hydrogen) atoms. The van der Waals surface area contributed by atoms with E-state index in [1.54, 1.807) is 39.2 Å². The van der Waals surface area contributed by atoms with Crippen LogP contribution in [0.4, 0.5) is 4.79 Å². The topological polar surface area (TPSA) is 115 Å². The maximum Gasteiger partial charge on any atom is 0.408 e. The molecule has 0 bridgehead atoms. The SMILES string of the molecule is CC(C)(C)OC(=O)N[C@@H](Cn1cccn1)C(=O)N1CCC[C@@H](C(=O)OCC(Cl)(Cl)Cl)N1. The highest BCUT2D eigenvalue weighted by Gasteiger charge is 2.35. The molecule has 1 aliphatic heterocycles. The summed E-state index contributed by atoms with van der Waals surface area (Å²) in [5, 5.41) is 7.93. The first-order valence-corrected chi connectivity index (χ1v) is 10.8. The number of esters is 1. The minimum absolute atomic E-state index is 0.0750. The van der Waals surface area contributed by atoms with Crippen molar-refractivity contribution in [2.75, 3.05) is 13.2 Å². The molecule has 2 amide bonds. The van der Waals surface area contributed by atoms with E-state index in [9.17, 15) is 14.4 Å². The summed E-state index contributed by atoms with van der Waals surface area (Å²) in [6.07, 6.45) is 3.45. The molecule has 1 aliphatic rings. The van der Waals surface area contributed by atoms with Crippen LogP contribution in [0.2, 0.25) is 0 Å². The Morgan fingerprint density at radius 1 is 1.29 bits per heavy atom. The molecule has 1 fully saturated rings. The zero-order chi connectivity index (χ0) is 23.2. The number of amides is 2. The van der Waals surface area contributed by atoms with Crippen molar-refractivity contribution < 1.29 is 23.9 Å². The number of rotatable bonds is 6. The molecule has 1 saturated heterocycles. The highest BCUT2D eigenvalue weighted by Crippen LogP contribution is 2.26. The summed E-state index contributed by atoms with van der Waals surface area (Å²) in [5.41, 5.74) is 2.10. The van der Waals surface area contributed by atoms with Gasteiger partial charge in [-0.05, 0) is 39.7 Å². The number of carbonyl (C=O) groups excluding carboxylic acids is 3. The van der Waals surface area contributed by atoms with Crippen molar-refractivity contribution >= 4 is 52.8 Å². The largest absolute Gasteiger partial charge is 0.460 e. The standard InChI is InChI=1S/C18H26Cl3N5O5/c1-17(2,3)31-16(29)23-13(10-25-8-5-7-22-25)14(27)26-9-4-6-12(24-26)15(28)30-11-18(19,20)21/h5,7-8,12-13,24H,4,6,9-11H2,1-3H3,(H,23,29)/t12-,13-/m0/s1. The molecule has 13 heteroatoms. The molecular formula is C18H26Cl3N5O5. The quantitative estimate of drug-likeness (QED) is 0.456. The van der Waals surface area contributed by atoms with Crippen molar-refractivity contribution in [3.63, 3.8) is 0 Å². The Morgan fingerprint density at radius 3 is 2.58 bits per heavy atom. The molecule has 0 aliphatic carbocycles. The zero-order valence-electron chi connectivity index (χ0n) is 17.4. The van der Waals surface area contributed by atoms with E-state index in [-0.39, 0.29) is 6.54 Å². The van der Waals surface area contributed by atoms with E-state index in [2.05, 4.69) is 15.8 Å². The fourth-order valence-electron chi connectivity index (χ4n) is 2.79. The number of nitrogens with zero attached hydrogens (tertiary/aromatic N) is 3. The molecule has 0 unspecified atom stereocenters. The van der Waals surface area contributed by atoms with Crippen molar-refractivity contribution in [2.45, 2.75) is 61.6 Å². The van der Waals surface area contributed by atoms with Crippen LogP contribution in [0.3, 0.4) is 0 Å². The first-order valence-electron chi connectivity index (χ1n) is 9.62. The number of hydrogen-bond acceptors (Lipinski definition) is 7. The number of aromatic nitrogens is 2. The maximum absolute atomic E-state index is 13.1. The van der Waals surface area contributed by atoms with E-state index >= 15 is 0 Å². The van der Waals surface area contributed by atoms with Gasteiger partial charge in [0.25, 0.3) is 5.91 Å². The molecule has 174 valence electrons. The predicted octanol–water partition coefficient (Wildman–Crippen LogP) is 2.19. The van der Waals surface area contributed by atoms with Gasteiger partial charge >= 0.3 is 12.1 Å². The van der Waals surface area contributed by atoms with Gasteiger partial charge in [0.15, 0.2) is 0 Å². The average Bonchev–Trinajstić information content (AvgIpc) is 3.16. The Labute approximate surface area is 195 Å². The second-order valence-corrected chi connectivity index (χ2v) is 10.5. The summed E-state index contributed by atoms with van der Waals surface area (Å²) in [6, 6.07) is -0.0830. The molecular weight excluding hydrogens is 473 g/mol. The summed E-state index contributed by atoms with van der Waals surface area (Å²) >= 11 is 16.8. The van der Waals surface area contributed by atoms with Crippen molar-refractivity contribution in [1.82, 2.24) is 25.5 Å². The van der Waals surface area contributed by atoms with E-state index in [0.717, 1.165) is 0 Å². The van der Waals surface area contributed by atoms with Crippen molar-refractivity contribution in [3.05, 3.63) is 18.5 Å². The Hall–Kier alpha value is -1.75. The smallest absolute Gasteiger partial charge is 0.408 e. The van der Waals surface area contributed by atoms with E-state index in [0.29, 0.717) is 19.4 Å². The molecule has 1 aromatic heterocycles. The van der Waals surface area contributed by atoms with E-state index in [1.165, 1.54) is 9.69 Å². The van der Waals surface area contributed by atoms with Gasteiger partial charge in [-0.3, -0.25) is 19.3 Å². The molecule has 0 spiro atoms. The van der Waals surface area contributed by atoms with Crippen LogP contribution in [0.1, 0.15) is 33.6 Å². The van der Waals surface area contributed by atoms with E-state index < -0.39 is 46.1 Å². The third-order valence-corrected chi connectivity index (χ3v) is 4.36. The van der Waals surface area contributed by atoms with Crippen LogP contribution in [-0.2, 0) is 25.6 Å². The zero-order valence-corrected chi connectivity index (χ0v) is 19.7. The van der Waals surface area contributed by atoms with Crippen LogP contribution in [0, 0.1) is 0 Å². The molecule has 1 aromatic rings. The van der Waals surface area contributed by atoms with Gasteiger partial charge in [0.2, 0.25) is 3.79 Å². The second-order valence-electron chi connectivity index (χ2n) is 7.96.